The van der Waals surface area contributed by atoms with Gasteiger partial charge in [0.15, 0.2) is 14.6 Å². The van der Waals surface area contributed by atoms with Crippen molar-refractivity contribution in [1.82, 2.24) is 0 Å². The number of nitro benzene ring substituents is 1. The van der Waals surface area contributed by atoms with Crippen molar-refractivity contribution in [3.05, 3.63) is 39.7 Å². The molecule has 0 fully saturated rings. The van der Waals surface area contributed by atoms with E-state index in [0.717, 1.165) is 32.0 Å². The molecular formula is C11H12FNO6S. The Morgan fingerprint density at radius 2 is 2.00 bits per heavy atom. The molecule has 1 aromatic rings. The van der Waals surface area contributed by atoms with Gasteiger partial charge in [-0.2, -0.15) is 4.39 Å². The van der Waals surface area contributed by atoms with Crippen LogP contribution in [0.4, 0.5) is 10.1 Å². The van der Waals surface area contributed by atoms with Crippen LogP contribution in [0.2, 0.25) is 0 Å². The van der Waals surface area contributed by atoms with Gasteiger partial charge in [-0.05, 0) is 13.8 Å². The molecule has 1 N–H and O–H groups in total. The van der Waals surface area contributed by atoms with Crippen LogP contribution in [0.25, 0.3) is 0 Å². The molecule has 9 heteroatoms. The van der Waals surface area contributed by atoms with Gasteiger partial charge in [-0.1, -0.05) is 12.1 Å². The minimum Gasteiger partial charge on any atom is -0.480 e. The van der Waals surface area contributed by atoms with Gasteiger partial charge >= 0.3 is 11.7 Å². The fraction of sp³-hybridized carbons (Fsp3) is 0.364. The minimum absolute atomic E-state index is 0.437. The molecule has 20 heavy (non-hydrogen) atoms. The summed E-state index contributed by atoms with van der Waals surface area (Å²) >= 11 is 0. The molecular weight excluding hydrogens is 293 g/mol. The first kappa shape index (κ1) is 16.0. The number of aliphatic carboxylic acids is 1. The number of hydrogen-bond donors (Lipinski definition) is 1. The fourth-order valence-corrected chi connectivity index (χ4v) is 2.60. The summed E-state index contributed by atoms with van der Waals surface area (Å²) in [6, 6.07) is 3.10. The second-order valence-electron chi connectivity index (χ2n) is 4.58. The van der Waals surface area contributed by atoms with E-state index in [2.05, 4.69) is 0 Å². The van der Waals surface area contributed by atoms with Gasteiger partial charge in [0.1, 0.15) is 0 Å². The van der Waals surface area contributed by atoms with Gasteiger partial charge in [-0.15, -0.1) is 0 Å². The van der Waals surface area contributed by atoms with Gasteiger partial charge in [-0.3, -0.25) is 14.9 Å². The molecule has 0 amide bonds. The summed E-state index contributed by atoms with van der Waals surface area (Å²) in [5, 5.41) is 19.5. The number of nitro groups is 1. The van der Waals surface area contributed by atoms with Crippen LogP contribution < -0.4 is 0 Å². The quantitative estimate of drug-likeness (QED) is 0.651. The lowest BCUT2D eigenvalue weighted by atomic mass is 10.2. The number of halogens is 1. The predicted molar refractivity (Wildman–Crippen MR) is 67.4 cm³/mol. The maximum absolute atomic E-state index is 13.8. The lowest BCUT2D eigenvalue weighted by Gasteiger charge is -2.19. The molecule has 0 bridgehead atoms. The first-order valence-electron chi connectivity index (χ1n) is 5.38. The molecule has 0 saturated carbocycles. The number of nitrogens with zero attached hydrogens (tertiary/aromatic N) is 1. The highest BCUT2D eigenvalue weighted by atomic mass is 32.2. The third-order valence-electron chi connectivity index (χ3n) is 2.89. The SMILES string of the molecule is CC(C)(C(=O)O)S(=O)(=O)Cc1cccc([N+](=O)[O-])c1F. The molecule has 1 rings (SSSR count). The van der Waals surface area contributed by atoms with Gasteiger partial charge in [0, 0.05) is 11.6 Å². The summed E-state index contributed by atoms with van der Waals surface area (Å²) in [5.41, 5.74) is -1.29. The highest BCUT2D eigenvalue weighted by Crippen LogP contribution is 2.26. The van der Waals surface area contributed by atoms with Gasteiger partial charge in [-0.25, -0.2) is 8.42 Å². The van der Waals surface area contributed by atoms with Crippen molar-refractivity contribution in [2.75, 3.05) is 0 Å². The second-order valence-corrected chi connectivity index (χ2v) is 7.12. The third-order valence-corrected chi connectivity index (χ3v) is 5.31. The predicted octanol–water partition coefficient (Wildman–Crippen LogP) is 1.51. The van der Waals surface area contributed by atoms with E-state index in [9.17, 15) is 27.7 Å². The fourth-order valence-electron chi connectivity index (χ4n) is 1.34. The van der Waals surface area contributed by atoms with Crippen molar-refractivity contribution in [3.63, 3.8) is 0 Å². The van der Waals surface area contributed by atoms with Crippen molar-refractivity contribution in [2.45, 2.75) is 24.3 Å². The average Bonchev–Trinajstić information content (AvgIpc) is 2.30. The molecule has 0 saturated heterocycles. The Hall–Kier alpha value is -2.03. The number of benzene rings is 1. The molecule has 0 heterocycles. The van der Waals surface area contributed by atoms with Crippen LogP contribution in [0.15, 0.2) is 18.2 Å². The van der Waals surface area contributed by atoms with Crippen LogP contribution >= 0.6 is 0 Å². The highest BCUT2D eigenvalue weighted by Gasteiger charge is 2.42. The van der Waals surface area contributed by atoms with E-state index in [0.29, 0.717) is 0 Å². The normalized spacial score (nSPS) is 12.2. The van der Waals surface area contributed by atoms with E-state index in [1.165, 1.54) is 0 Å². The van der Waals surface area contributed by atoms with Crippen LogP contribution in [-0.4, -0.2) is 29.2 Å². The summed E-state index contributed by atoms with van der Waals surface area (Å²) in [5.74, 6) is -3.79. The zero-order valence-electron chi connectivity index (χ0n) is 10.7. The molecule has 0 unspecified atom stereocenters. The van der Waals surface area contributed by atoms with Crippen molar-refractivity contribution >= 4 is 21.5 Å². The molecule has 1 aromatic carbocycles. The Kier molecular flexibility index (Phi) is 4.13. The summed E-state index contributed by atoms with van der Waals surface area (Å²) in [6.45, 7) is 1.94. The van der Waals surface area contributed by atoms with Crippen LogP contribution in [0.5, 0.6) is 0 Å². The number of carboxylic acid groups (broad SMARTS) is 1. The van der Waals surface area contributed by atoms with E-state index < -0.39 is 48.3 Å². The molecule has 0 aliphatic carbocycles. The number of hydrogen-bond acceptors (Lipinski definition) is 5. The molecule has 7 nitrogen and oxygen atoms in total. The van der Waals surface area contributed by atoms with Crippen molar-refractivity contribution in [3.8, 4) is 0 Å². The Balaban J connectivity index is 3.28. The number of sulfone groups is 1. The van der Waals surface area contributed by atoms with E-state index in [1.807, 2.05) is 0 Å². The maximum atomic E-state index is 13.8. The van der Waals surface area contributed by atoms with Crippen LogP contribution in [-0.2, 0) is 20.4 Å². The number of carboxylic acids is 1. The summed E-state index contributed by atoms with van der Waals surface area (Å²) in [7, 11) is -4.24. The Morgan fingerprint density at radius 3 is 2.45 bits per heavy atom. The second kappa shape index (κ2) is 5.16. The molecule has 110 valence electrons. The monoisotopic (exact) mass is 305 g/mol. The van der Waals surface area contributed by atoms with E-state index in [4.69, 9.17) is 5.11 Å². The van der Waals surface area contributed by atoms with Crippen LogP contribution in [0.1, 0.15) is 19.4 Å². The van der Waals surface area contributed by atoms with Gasteiger partial charge in [0.05, 0.1) is 10.7 Å². The summed E-state index contributed by atoms with van der Waals surface area (Å²) in [4.78, 5) is 20.5. The van der Waals surface area contributed by atoms with Crippen molar-refractivity contribution in [2.24, 2.45) is 0 Å². The minimum atomic E-state index is -4.24. The van der Waals surface area contributed by atoms with Gasteiger partial charge in [0.2, 0.25) is 5.82 Å². The largest absolute Gasteiger partial charge is 0.480 e. The molecule has 0 aliphatic heterocycles. The molecule has 0 aromatic heterocycles. The summed E-state index contributed by atoms with van der Waals surface area (Å²) < 4.78 is 35.6. The lowest BCUT2D eigenvalue weighted by Crippen LogP contribution is -2.41. The van der Waals surface area contributed by atoms with E-state index >= 15 is 0 Å². The smallest absolute Gasteiger partial charge is 0.324 e. The van der Waals surface area contributed by atoms with E-state index in [1.54, 1.807) is 0 Å². The molecule has 0 spiro atoms. The first-order chi connectivity index (χ1) is 9.00. The zero-order chi connectivity index (χ0) is 15.7. The Bertz CT molecular complexity index is 667. The van der Waals surface area contributed by atoms with E-state index in [-0.39, 0.29) is 0 Å². The maximum Gasteiger partial charge on any atom is 0.324 e. The standard InChI is InChI=1S/C11H12FNO6S/c1-11(2,10(14)15)20(18,19)6-7-4-3-5-8(9(7)12)13(16)17/h3-5H,6H2,1-2H3,(H,14,15). The lowest BCUT2D eigenvalue weighted by molar-refractivity contribution is -0.387. The highest BCUT2D eigenvalue weighted by molar-refractivity contribution is 7.92. The number of carbonyl (C=O) groups is 1. The Labute approximate surface area is 114 Å². The summed E-state index contributed by atoms with van der Waals surface area (Å²) in [6.07, 6.45) is 0. The molecule has 0 aliphatic rings. The molecule has 0 radical (unpaired) electrons. The number of rotatable bonds is 5. The van der Waals surface area contributed by atoms with Crippen molar-refractivity contribution < 1.29 is 27.6 Å². The third kappa shape index (κ3) is 2.77. The van der Waals surface area contributed by atoms with Gasteiger partial charge in [0.25, 0.3) is 0 Å². The van der Waals surface area contributed by atoms with Crippen molar-refractivity contribution in [1.29, 1.82) is 0 Å². The van der Waals surface area contributed by atoms with Crippen LogP contribution in [0, 0.1) is 15.9 Å². The average molecular weight is 305 g/mol. The topological polar surface area (TPSA) is 115 Å². The van der Waals surface area contributed by atoms with Crippen LogP contribution in [0.3, 0.4) is 0 Å². The van der Waals surface area contributed by atoms with Gasteiger partial charge < -0.3 is 5.11 Å². The zero-order valence-corrected chi connectivity index (χ0v) is 11.5. The first-order valence-corrected chi connectivity index (χ1v) is 7.03. The molecule has 0 atom stereocenters. The Morgan fingerprint density at radius 1 is 1.45 bits per heavy atom.